The van der Waals surface area contributed by atoms with Crippen LogP contribution in [-0.4, -0.2) is 52.2 Å². The molecule has 1 saturated heterocycles. The number of hydrogen-bond acceptors (Lipinski definition) is 6. The van der Waals surface area contributed by atoms with Crippen molar-refractivity contribution < 1.29 is 9.53 Å². The minimum absolute atomic E-state index is 0.207. The first-order valence-corrected chi connectivity index (χ1v) is 16.0. The molecular formula is C33H43ClN4O2S. The van der Waals surface area contributed by atoms with Crippen molar-refractivity contribution in [3.8, 4) is 0 Å². The van der Waals surface area contributed by atoms with Gasteiger partial charge in [-0.25, -0.2) is 4.99 Å². The van der Waals surface area contributed by atoms with Crippen molar-refractivity contribution in [2.75, 3.05) is 19.6 Å². The summed E-state index contributed by atoms with van der Waals surface area (Å²) in [6, 6.07) is 0.324. The lowest BCUT2D eigenvalue weighted by Crippen LogP contribution is -2.38. The number of thioether (sulfide) groups is 1. The number of ether oxygens (including phenoxy) is 1. The maximum Gasteiger partial charge on any atom is 0.320 e. The van der Waals surface area contributed by atoms with E-state index in [1.54, 1.807) is 11.8 Å². The monoisotopic (exact) mass is 594 g/mol. The molecule has 41 heavy (non-hydrogen) atoms. The van der Waals surface area contributed by atoms with Crippen molar-refractivity contribution in [1.29, 1.82) is 0 Å². The van der Waals surface area contributed by atoms with Crippen LogP contribution in [0, 0.1) is 11.8 Å². The van der Waals surface area contributed by atoms with Gasteiger partial charge in [0.25, 0.3) is 0 Å². The van der Waals surface area contributed by atoms with Crippen LogP contribution in [0.1, 0.15) is 66.0 Å². The van der Waals surface area contributed by atoms with Crippen LogP contribution in [0.15, 0.2) is 51.4 Å². The van der Waals surface area contributed by atoms with Crippen molar-refractivity contribution in [3.05, 3.63) is 67.7 Å². The Morgan fingerprint density at radius 3 is 2.68 bits per heavy atom. The number of nitrogens with one attached hydrogen (secondary N) is 2. The van der Waals surface area contributed by atoms with Gasteiger partial charge in [0.1, 0.15) is 11.4 Å². The molecule has 5 rings (SSSR count). The average molecular weight is 595 g/mol. The van der Waals surface area contributed by atoms with Crippen LogP contribution in [0.2, 0.25) is 5.02 Å². The van der Waals surface area contributed by atoms with Crippen LogP contribution in [-0.2, 0) is 16.0 Å². The zero-order valence-electron chi connectivity index (χ0n) is 25.0. The van der Waals surface area contributed by atoms with Gasteiger partial charge in [-0.2, -0.15) is 0 Å². The summed E-state index contributed by atoms with van der Waals surface area (Å²) in [6.07, 6.45) is 16.5. The van der Waals surface area contributed by atoms with Crippen LogP contribution >= 0.6 is 23.4 Å². The number of aliphatic imine (C=N–C) groups is 1. The SMILES string of the molecule is C=c1[nH]c(CC)c(Cl)c1=C(N=C(C)SC1=CCC=C2CC=CCCC2=C1)N1CC2C(C1)C2NCC(=O)OC(C)(C)C. The van der Waals surface area contributed by atoms with Crippen LogP contribution in [0.4, 0.5) is 0 Å². The van der Waals surface area contributed by atoms with Crippen molar-refractivity contribution >= 4 is 46.8 Å². The zero-order chi connectivity index (χ0) is 29.3. The van der Waals surface area contributed by atoms with Crippen LogP contribution in [0.5, 0.6) is 0 Å². The first-order chi connectivity index (χ1) is 19.5. The highest BCUT2D eigenvalue weighted by molar-refractivity contribution is 8.17. The second-order valence-electron chi connectivity index (χ2n) is 12.4. The third-order valence-electron chi connectivity index (χ3n) is 8.09. The lowest BCUT2D eigenvalue weighted by atomic mass is 10.0. The molecule has 4 aliphatic rings. The van der Waals surface area contributed by atoms with Gasteiger partial charge in [0.2, 0.25) is 0 Å². The quantitative estimate of drug-likeness (QED) is 0.186. The molecule has 2 atom stereocenters. The molecule has 2 fully saturated rings. The van der Waals surface area contributed by atoms with Gasteiger partial charge in [0.15, 0.2) is 0 Å². The summed E-state index contributed by atoms with van der Waals surface area (Å²) >= 11 is 8.64. The van der Waals surface area contributed by atoms with E-state index in [2.05, 4.69) is 66.0 Å². The topological polar surface area (TPSA) is 69.7 Å². The minimum Gasteiger partial charge on any atom is -0.459 e. The predicted octanol–water partition coefficient (Wildman–Crippen LogP) is 5.60. The van der Waals surface area contributed by atoms with E-state index in [1.165, 1.54) is 16.1 Å². The number of esters is 1. The summed E-state index contributed by atoms with van der Waals surface area (Å²) in [5, 5.41) is 6.82. The van der Waals surface area contributed by atoms with Crippen LogP contribution in [0.3, 0.4) is 0 Å². The smallest absolute Gasteiger partial charge is 0.320 e. The van der Waals surface area contributed by atoms with E-state index in [0.29, 0.717) is 22.9 Å². The van der Waals surface area contributed by atoms with Crippen LogP contribution < -0.4 is 15.9 Å². The van der Waals surface area contributed by atoms with Gasteiger partial charge in [-0.3, -0.25) is 4.79 Å². The Balaban J connectivity index is 1.34. The molecule has 220 valence electrons. The van der Waals surface area contributed by atoms with Gasteiger partial charge in [-0.1, -0.05) is 61.2 Å². The van der Waals surface area contributed by atoms with E-state index in [1.807, 2.05) is 20.8 Å². The second-order valence-corrected chi connectivity index (χ2v) is 14.0. The fraction of sp³-hybridized carbons (Fsp3) is 0.515. The average Bonchev–Trinajstić information content (AvgIpc) is 3.39. The number of piperidine rings is 1. The van der Waals surface area contributed by atoms with E-state index >= 15 is 0 Å². The van der Waals surface area contributed by atoms with Crippen molar-refractivity contribution in [1.82, 2.24) is 15.2 Å². The first-order valence-electron chi connectivity index (χ1n) is 14.8. The molecule has 8 heteroatoms. The Morgan fingerprint density at radius 2 is 2.00 bits per heavy atom. The van der Waals surface area contributed by atoms with Gasteiger partial charge < -0.3 is 19.9 Å². The largest absolute Gasteiger partial charge is 0.459 e. The number of aromatic nitrogens is 1. The molecule has 1 saturated carbocycles. The molecule has 1 aromatic rings. The molecule has 2 N–H and O–H groups in total. The summed E-state index contributed by atoms with van der Waals surface area (Å²) in [7, 11) is 0. The van der Waals surface area contributed by atoms with E-state index in [4.69, 9.17) is 21.3 Å². The molecule has 2 unspecified atom stereocenters. The molecular weight excluding hydrogens is 552 g/mol. The number of fused-ring (bicyclic) bond motifs is 2. The maximum atomic E-state index is 12.2. The highest BCUT2D eigenvalue weighted by Gasteiger charge is 2.56. The van der Waals surface area contributed by atoms with Gasteiger partial charge >= 0.3 is 5.97 Å². The number of carbonyl (C=O) groups is 1. The van der Waals surface area contributed by atoms with E-state index in [-0.39, 0.29) is 12.5 Å². The Morgan fingerprint density at radius 1 is 1.24 bits per heavy atom. The zero-order valence-corrected chi connectivity index (χ0v) is 26.6. The normalized spacial score (nSPS) is 24.9. The van der Waals surface area contributed by atoms with Crippen molar-refractivity contribution in [2.24, 2.45) is 16.8 Å². The second kappa shape index (κ2) is 12.4. The van der Waals surface area contributed by atoms with Gasteiger partial charge in [-0.15, -0.1) is 0 Å². The standard InChI is InChI=1S/C33H43ClN4O2S/c1-7-27-30(34)29(20(2)36-27)32(38-18-25-26(19-38)31(25)35-17-28(39)40-33(4,5)6)37-21(3)41-24-15-11-14-22-12-9-8-10-13-23(22)16-24/h8-9,14-16,25-26,31,35-36H,2,7,10-13,17-19H2,1,3-6H3. The van der Waals surface area contributed by atoms with Gasteiger partial charge in [0.05, 0.1) is 21.8 Å². The molecule has 0 bridgehead atoms. The molecule has 2 heterocycles. The number of likely N-dealkylation sites (tertiary alicyclic amines) is 1. The molecule has 1 aliphatic heterocycles. The van der Waals surface area contributed by atoms with Gasteiger partial charge in [-0.05, 0) is 88.9 Å². The number of aryl methyl sites for hydroxylation is 1. The number of halogens is 1. The highest BCUT2D eigenvalue weighted by atomic mass is 35.5. The summed E-state index contributed by atoms with van der Waals surface area (Å²) < 4.78 is 5.47. The summed E-state index contributed by atoms with van der Waals surface area (Å²) in [6.45, 7) is 16.1. The van der Waals surface area contributed by atoms with Crippen molar-refractivity contribution in [3.63, 3.8) is 0 Å². The van der Waals surface area contributed by atoms with E-state index in [0.717, 1.165) is 72.3 Å². The summed E-state index contributed by atoms with van der Waals surface area (Å²) in [4.78, 5) is 24.4. The Hall–Kier alpha value is -2.48. The fourth-order valence-corrected chi connectivity index (χ4v) is 7.36. The third kappa shape index (κ3) is 7.12. The number of nitrogens with zero attached hydrogens (tertiary/aromatic N) is 2. The molecule has 0 amide bonds. The Bertz CT molecular complexity index is 1450. The predicted molar refractivity (Wildman–Crippen MR) is 172 cm³/mol. The number of aromatic amines is 1. The van der Waals surface area contributed by atoms with E-state index in [9.17, 15) is 4.79 Å². The molecule has 1 aromatic heterocycles. The Labute approximate surface area is 253 Å². The van der Waals surface area contributed by atoms with Crippen molar-refractivity contribution in [2.45, 2.75) is 78.4 Å². The Kier molecular flexibility index (Phi) is 9.07. The number of carbonyl (C=O) groups excluding carboxylic acids is 1. The molecule has 6 nitrogen and oxygen atoms in total. The summed E-state index contributed by atoms with van der Waals surface area (Å²) in [5.41, 5.74) is 3.41. The number of allylic oxidation sites excluding steroid dienone is 7. The molecule has 0 spiro atoms. The lowest BCUT2D eigenvalue weighted by Gasteiger charge is -2.24. The minimum atomic E-state index is -0.471. The first kappa shape index (κ1) is 30.0. The molecule has 0 radical (unpaired) electrons. The highest BCUT2D eigenvalue weighted by Crippen LogP contribution is 2.47. The van der Waals surface area contributed by atoms with E-state index < -0.39 is 5.60 Å². The molecule has 3 aliphatic carbocycles. The lowest BCUT2D eigenvalue weighted by molar-refractivity contribution is -0.153. The number of H-pyrrole nitrogens is 1. The number of rotatable bonds is 7. The van der Waals surface area contributed by atoms with Gasteiger partial charge in [0, 0.05) is 35.1 Å². The maximum absolute atomic E-state index is 12.2. The fourth-order valence-electron chi connectivity index (χ4n) is 6.12. The third-order valence-corrected chi connectivity index (χ3v) is 9.41. The summed E-state index contributed by atoms with van der Waals surface area (Å²) in [5.74, 6) is 1.62. The number of hydrogen-bond donors (Lipinski definition) is 2. The molecule has 0 aromatic carbocycles. The van der Waals surface area contributed by atoms with Crippen LogP contribution in [0.25, 0.3) is 12.4 Å².